The molecule has 0 saturated heterocycles. The number of nitrogens with zero attached hydrogens (tertiary/aromatic N) is 1. The Labute approximate surface area is 74.8 Å². The third-order valence-corrected chi connectivity index (χ3v) is 2.21. The van der Waals surface area contributed by atoms with Crippen LogP contribution in [0, 0.1) is 6.92 Å². The molecule has 0 saturated carbocycles. The molecule has 0 amide bonds. The summed E-state index contributed by atoms with van der Waals surface area (Å²) in [5.41, 5.74) is 2.54. The van der Waals surface area contributed by atoms with E-state index in [9.17, 15) is 0 Å². The van der Waals surface area contributed by atoms with Gasteiger partial charge in [-0.3, -0.25) is 4.98 Å². The van der Waals surface area contributed by atoms with E-state index in [0.717, 1.165) is 5.69 Å². The maximum absolute atomic E-state index is 4.18. The molecular formula is C11H17N. The predicted octanol–water partition coefficient (Wildman–Crippen LogP) is 3.29. The smallest absolute Gasteiger partial charge is 0.0375 e. The van der Waals surface area contributed by atoms with Crippen LogP contribution in [0.4, 0.5) is 0 Å². The van der Waals surface area contributed by atoms with Gasteiger partial charge in [0.05, 0.1) is 0 Å². The first-order chi connectivity index (χ1) is 5.74. The second-order valence-electron chi connectivity index (χ2n) is 3.42. The molecular weight excluding hydrogens is 146 g/mol. The Morgan fingerprint density at radius 3 is 2.83 bits per heavy atom. The Bertz CT molecular complexity index is 243. The second-order valence-corrected chi connectivity index (χ2v) is 3.42. The van der Waals surface area contributed by atoms with Crippen molar-refractivity contribution < 1.29 is 0 Å². The van der Waals surface area contributed by atoms with Crippen molar-refractivity contribution in [1.29, 1.82) is 0 Å². The first-order valence-corrected chi connectivity index (χ1v) is 4.66. The quantitative estimate of drug-likeness (QED) is 0.666. The van der Waals surface area contributed by atoms with Crippen LogP contribution in [-0.4, -0.2) is 4.98 Å². The molecule has 1 heteroatoms. The molecule has 1 atom stereocenters. The zero-order valence-corrected chi connectivity index (χ0v) is 8.17. The van der Waals surface area contributed by atoms with E-state index >= 15 is 0 Å². The summed E-state index contributed by atoms with van der Waals surface area (Å²) in [6.07, 6.45) is 4.42. The van der Waals surface area contributed by atoms with Gasteiger partial charge in [-0.15, -0.1) is 0 Å². The van der Waals surface area contributed by atoms with Gasteiger partial charge in [-0.05, 0) is 37.0 Å². The lowest BCUT2D eigenvalue weighted by Crippen LogP contribution is -1.94. The molecule has 1 aromatic rings. The predicted molar refractivity (Wildman–Crippen MR) is 52.3 cm³/mol. The monoisotopic (exact) mass is 163 g/mol. The van der Waals surface area contributed by atoms with Crippen LogP contribution < -0.4 is 0 Å². The highest BCUT2D eigenvalue weighted by atomic mass is 14.6. The Balaban J connectivity index is 2.73. The van der Waals surface area contributed by atoms with Crippen molar-refractivity contribution in [3.05, 3.63) is 29.6 Å². The van der Waals surface area contributed by atoms with Gasteiger partial charge in [0.25, 0.3) is 0 Å². The van der Waals surface area contributed by atoms with Gasteiger partial charge in [0.2, 0.25) is 0 Å². The molecule has 0 radical (unpaired) electrons. The topological polar surface area (TPSA) is 12.9 Å². The molecule has 0 N–H and O–H groups in total. The summed E-state index contributed by atoms with van der Waals surface area (Å²) in [6.45, 7) is 6.55. The van der Waals surface area contributed by atoms with E-state index in [2.05, 4.69) is 31.0 Å². The summed E-state index contributed by atoms with van der Waals surface area (Å²) in [5, 5.41) is 0. The zero-order chi connectivity index (χ0) is 8.97. The van der Waals surface area contributed by atoms with E-state index in [1.165, 1.54) is 18.4 Å². The minimum Gasteiger partial charge on any atom is -0.262 e. The van der Waals surface area contributed by atoms with Gasteiger partial charge in [-0.2, -0.15) is 0 Å². The van der Waals surface area contributed by atoms with Gasteiger partial charge < -0.3 is 0 Å². The molecule has 1 heterocycles. The van der Waals surface area contributed by atoms with Gasteiger partial charge in [0.15, 0.2) is 0 Å². The molecule has 1 aromatic heterocycles. The Hall–Kier alpha value is -0.850. The van der Waals surface area contributed by atoms with Gasteiger partial charge in [0, 0.05) is 11.9 Å². The van der Waals surface area contributed by atoms with Crippen molar-refractivity contribution >= 4 is 0 Å². The lowest BCUT2D eigenvalue weighted by atomic mass is 9.97. The fourth-order valence-electron chi connectivity index (χ4n) is 1.47. The number of hydrogen-bond donors (Lipinski definition) is 0. The molecule has 0 bridgehead atoms. The van der Waals surface area contributed by atoms with E-state index < -0.39 is 0 Å². The lowest BCUT2D eigenvalue weighted by Gasteiger charge is -2.09. The van der Waals surface area contributed by atoms with Crippen molar-refractivity contribution in [2.24, 2.45) is 0 Å². The standard InChI is InChI=1S/C11H17N/c1-4-5-9(2)11-6-7-12-10(3)8-11/h6-9H,4-5H2,1-3H3. The van der Waals surface area contributed by atoms with Crippen LogP contribution >= 0.6 is 0 Å². The molecule has 0 aliphatic carbocycles. The van der Waals surface area contributed by atoms with Crippen LogP contribution in [0.25, 0.3) is 0 Å². The van der Waals surface area contributed by atoms with Crippen LogP contribution in [0.3, 0.4) is 0 Å². The summed E-state index contributed by atoms with van der Waals surface area (Å²) in [7, 11) is 0. The molecule has 1 rings (SSSR count). The fraction of sp³-hybridized carbons (Fsp3) is 0.545. The van der Waals surface area contributed by atoms with Gasteiger partial charge in [0.1, 0.15) is 0 Å². The molecule has 0 aromatic carbocycles. The van der Waals surface area contributed by atoms with Gasteiger partial charge in [-0.25, -0.2) is 0 Å². The average Bonchev–Trinajstić information content (AvgIpc) is 2.05. The van der Waals surface area contributed by atoms with E-state index in [-0.39, 0.29) is 0 Å². The third-order valence-electron chi connectivity index (χ3n) is 2.21. The summed E-state index contributed by atoms with van der Waals surface area (Å²) in [5.74, 6) is 0.677. The molecule has 0 aliphatic heterocycles. The van der Waals surface area contributed by atoms with Gasteiger partial charge in [-0.1, -0.05) is 20.3 Å². The normalized spacial score (nSPS) is 12.9. The highest BCUT2D eigenvalue weighted by molar-refractivity contribution is 5.19. The summed E-state index contributed by atoms with van der Waals surface area (Å²) in [6, 6.07) is 4.30. The summed E-state index contributed by atoms with van der Waals surface area (Å²) >= 11 is 0. The minimum absolute atomic E-state index is 0.677. The average molecular weight is 163 g/mol. The van der Waals surface area contributed by atoms with Crippen LogP contribution in [0.1, 0.15) is 43.9 Å². The van der Waals surface area contributed by atoms with E-state index in [1.807, 2.05) is 13.1 Å². The second kappa shape index (κ2) is 4.24. The molecule has 0 aliphatic rings. The van der Waals surface area contributed by atoms with Crippen molar-refractivity contribution in [3.8, 4) is 0 Å². The van der Waals surface area contributed by atoms with E-state index in [4.69, 9.17) is 0 Å². The Morgan fingerprint density at radius 1 is 1.50 bits per heavy atom. The number of pyridine rings is 1. The van der Waals surface area contributed by atoms with Crippen molar-refractivity contribution in [1.82, 2.24) is 4.98 Å². The molecule has 12 heavy (non-hydrogen) atoms. The largest absolute Gasteiger partial charge is 0.262 e. The maximum Gasteiger partial charge on any atom is 0.0375 e. The van der Waals surface area contributed by atoms with Crippen LogP contribution in [0.15, 0.2) is 18.3 Å². The zero-order valence-electron chi connectivity index (χ0n) is 8.17. The minimum atomic E-state index is 0.677. The van der Waals surface area contributed by atoms with Crippen LogP contribution in [0.5, 0.6) is 0 Å². The number of rotatable bonds is 3. The summed E-state index contributed by atoms with van der Waals surface area (Å²) < 4.78 is 0. The van der Waals surface area contributed by atoms with E-state index in [0.29, 0.717) is 5.92 Å². The fourth-order valence-corrected chi connectivity index (χ4v) is 1.47. The number of hydrogen-bond acceptors (Lipinski definition) is 1. The molecule has 0 spiro atoms. The van der Waals surface area contributed by atoms with Crippen LogP contribution in [0.2, 0.25) is 0 Å². The van der Waals surface area contributed by atoms with E-state index in [1.54, 1.807) is 0 Å². The van der Waals surface area contributed by atoms with Crippen molar-refractivity contribution in [3.63, 3.8) is 0 Å². The third kappa shape index (κ3) is 2.33. The summed E-state index contributed by atoms with van der Waals surface area (Å²) in [4.78, 5) is 4.18. The maximum atomic E-state index is 4.18. The Kier molecular flexibility index (Phi) is 3.27. The highest BCUT2D eigenvalue weighted by Crippen LogP contribution is 2.19. The first kappa shape index (κ1) is 9.24. The van der Waals surface area contributed by atoms with Crippen molar-refractivity contribution in [2.75, 3.05) is 0 Å². The first-order valence-electron chi connectivity index (χ1n) is 4.66. The number of aromatic nitrogens is 1. The van der Waals surface area contributed by atoms with Crippen molar-refractivity contribution in [2.45, 2.75) is 39.5 Å². The SMILES string of the molecule is CCCC(C)c1ccnc(C)c1. The number of aryl methyl sites for hydroxylation is 1. The molecule has 1 nitrogen and oxygen atoms in total. The van der Waals surface area contributed by atoms with Gasteiger partial charge >= 0.3 is 0 Å². The lowest BCUT2D eigenvalue weighted by molar-refractivity contribution is 0.663. The molecule has 66 valence electrons. The highest BCUT2D eigenvalue weighted by Gasteiger charge is 2.03. The Morgan fingerprint density at radius 2 is 2.25 bits per heavy atom. The molecule has 1 unspecified atom stereocenters. The van der Waals surface area contributed by atoms with Crippen LogP contribution in [-0.2, 0) is 0 Å². The molecule has 0 fully saturated rings.